The average molecular weight is 557 g/mol. The molecule has 1 atom stereocenters. The Morgan fingerprint density at radius 2 is 1.55 bits per heavy atom. The minimum absolute atomic E-state index is 0.0260. The van der Waals surface area contributed by atoms with Crippen LogP contribution in [0.3, 0.4) is 0 Å². The second kappa shape index (κ2) is 14.6. The number of carbonyl (C=O) groups is 2. The van der Waals surface area contributed by atoms with Crippen LogP contribution in [0, 0.1) is 6.92 Å². The predicted octanol–water partition coefficient (Wildman–Crippen LogP) is 8.07. The quantitative estimate of drug-likeness (QED) is 0.120. The highest BCUT2D eigenvalue weighted by atomic mass is 19.4. The zero-order valence-corrected chi connectivity index (χ0v) is 23.1. The Kier molecular flexibility index (Phi) is 11.2. The van der Waals surface area contributed by atoms with E-state index in [0.717, 1.165) is 24.0 Å². The Morgan fingerprint density at radius 3 is 2.15 bits per heavy atom. The van der Waals surface area contributed by atoms with Crippen molar-refractivity contribution in [2.45, 2.75) is 84.4 Å². The van der Waals surface area contributed by atoms with Crippen LogP contribution in [0.2, 0.25) is 0 Å². The summed E-state index contributed by atoms with van der Waals surface area (Å²) in [7, 11) is 0. The van der Waals surface area contributed by atoms with Crippen LogP contribution in [0.4, 0.5) is 13.2 Å². The van der Waals surface area contributed by atoms with Crippen molar-refractivity contribution in [3.63, 3.8) is 0 Å². The first-order chi connectivity index (χ1) is 19.1. The lowest BCUT2D eigenvalue weighted by Crippen LogP contribution is -2.34. The lowest BCUT2D eigenvalue weighted by atomic mass is 10.1. The average Bonchev–Trinajstić information content (AvgIpc) is 2.93. The maximum absolute atomic E-state index is 13.2. The third-order valence-corrected chi connectivity index (χ3v) is 6.47. The van der Waals surface area contributed by atoms with Crippen molar-refractivity contribution in [1.82, 2.24) is 9.97 Å². The third kappa shape index (κ3) is 8.89. The molecule has 0 N–H and O–H groups in total. The Hall–Kier alpha value is -3.75. The molecule has 0 radical (unpaired) electrons. The fourth-order valence-corrected chi connectivity index (χ4v) is 4.11. The van der Waals surface area contributed by atoms with Crippen molar-refractivity contribution in [2.75, 3.05) is 0 Å². The zero-order valence-electron chi connectivity index (χ0n) is 23.1. The maximum atomic E-state index is 13.2. The zero-order chi connectivity index (χ0) is 29.1. The van der Waals surface area contributed by atoms with Crippen molar-refractivity contribution in [2.24, 2.45) is 0 Å². The van der Waals surface area contributed by atoms with Gasteiger partial charge in [-0.15, -0.1) is 0 Å². The second-order valence-corrected chi connectivity index (χ2v) is 9.75. The molecule has 0 saturated heterocycles. The van der Waals surface area contributed by atoms with E-state index in [4.69, 9.17) is 9.47 Å². The number of hydrogen-bond donors (Lipinski definition) is 0. The van der Waals surface area contributed by atoms with Gasteiger partial charge in [-0.25, -0.2) is 19.6 Å². The van der Waals surface area contributed by atoms with Gasteiger partial charge in [0, 0.05) is 18.0 Å². The summed E-state index contributed by atoms with van der Waals surface area (Å²) < 4.78 is 49.9. The van der Waals surface area contributed by atoms with E-state index in [-0.39, 0.29) is 24.2 Å². The summed E-state index contributed by atoms with van der Waals surface area (Å²) in [6.07, 6.45) is 3.02. The number of benzene rings is 2. The molecule has 9 heteroatoms. The molecular weight excluding hydrogens is 521 g/mol. The number of carbonyl (C=O) groups excluding carboxylic acids is 2. The molecule has 0 amide bonds. The van der Waals surface area contributed by atoms with Gasteiger partial charge in [-0.3, -0.25) is 0 Å². The fourth-order valence-electron chi connectivity index (χ4n) is 4.11. The Morgan fingerprint density at radius 1 is 0.875 bits per heavy atom. The molecule has 1 heterocycles. The van der Waals surface area contributed by atoms with Crippen LogP contribution in [-0.4, -0.2) is 34.2 Å². The van der Waals surface area contributed by atoms with Gasteiger partial charge in [-0.2, -0.15) is 13.2 Å². The van der Waals surface area contributed by atoms with Crippen LogP contribution in [-0.2, 0) is 11.2 Å². The highest BCUT2D eigenvalue weighted by molar-refractivity contribution is 5.93. The highest BCUT2D eigenvalue weighted by Crippen LogP contribution is 2.29. The maximum Gasteiger partial charge on any atom is 0.425 e. The first-order valence-electron chi connectivity index (χ1n) is 13.6. The molecule has 0 unspecified atom stereocenters. The largest absolute Gasteiger partial charge is 0.449 e. The van der Waals surface area contributed by atoms with Gasteiger partial charge in [0.15, 0.2) is 11.9 Å². The number of hydrogen-bond acceptors (Lipinski definition) is 6. The van der Waals surface area contributed by atoms with Crippen LogP contribution in [0.1, 0.15) is 90.6 Å². The summed E-state index contributed by atoms with van der Waals surface area (Å²) in [5.41, 5.74) is 2.44. The van der Waals surface area contributed by atoms with Crippen molar-refractivity contribution in [3.05, 3.63) is 77.1 Å². The number of aromatic nitrogens is 2. The fraction of sp³-hybridized carbons (Fsp3) is 0.419. The normalized spacial score (nSPS) is 12.2. The van der Waals surface area contributed by atoms with Crippen LogP contribution in [0.5, 0.6) is 5.75 Å². The molecule has 0 bridgehead atoms. The predicted molar refractivity (Wildman–Crippen MR) is 146 cm³/mol. The number of alkyl halides is 3. The van der Waals surface area contributed by atoms with Gasteiger partial charge in [-0.1, -0.05) is 51.7 Å². The molecular formula is C31H35F3N2O4. The van der Waals surface area contributed by atoms with Crippen molar-refractivity contribution >= 4 is 11.9 Å². The summed E-state index contributed by atoms with van der Waals surface area (Å²) >= 11 is 0. The van der Waals surface area contributed by atoms with Gasteiger partial charge in [-0.05, 0) is 74.1 Å². The molecule has 40 heavy (non-hydrogen) atoms. The molecule has 3 rings (SSSR count). The monoisotopic (exact) mass is 556 g/mol. The number of ether oxygens (including phenoxy) is 2. The second-order valence-electron chi connectivity index (χ2n) is 9.75. The first-order valence-corrected chi connectivity index (χ1v) is 13.6. The highest BCUT2D eigenvalue weighted by Gasteiger charge is 2.42. The number of nitrogens with zero attached hydrogens (tertiary/aromatic N) is 2. The minimum atomic E-state index is -4.65. The standard InChI is InChI=1S/C31H35F3N2O4/c1-4-6-8-9-10-22-19-35-28(36-20-22)23-12-14-24(15-13-23)29(37)39-25-16-17-26(21(3)18-25)30(38)40-27(11-7-5-2)31(32,33)34/h12-20,27H,4-11H2,1-3H3/t27-/m0/s1. The summed E-state index contributed by atoms with van der Waals surface area (Å²) in [4.78, 5) is 34.0. The first kappa shape index (κ1) is 30.8. The van der Waals surface area contributed by atoms with E-state index in [9.17, 15) is 22.8 Å². The Labute approximate surface area is 233 Å². The van der Waals surface area contributed by atoms with Crippen LogP contribution in [0.15, 0.2) is 54.9 Å². The van der Waals surface area contributed by atoms with Gasteiger partial charge >= 0.3 is 18.1 Å². The van der Waals surface area contributed by atoms with Crippen LogP contribution < -0.4 is 4.74 Å². The van der Waals surface area contributed by atoms with Gasteiger partial charge in [0.25, 0.3) is 0 Å². The summed E-state index contributed by atoms with van der Waals surface area (Å²) in [5, 5.41) is 0. The number of esters is 2. The molecule has 1 aromatic heterocycles. The summed E-state index contributed by atoms with van der Waals surface area (Å²) in [6, 6.07) is 10.7. The minimum Gasteiger partial charge on any atom is -0.449 e. The van der Waals surface area contributed by atoms with Gasteiger partial charge in [0.1, 0.15) is 5.75 Å². The summed E-state index contributed by atoms with van der Waals surface area (Å²) in [6.45, 7) is 5.47. The van der Waals surface area contributed by atoms with Crippen molar-refractivity contribution < 1.29 is 32.2 Å². The topological polar surface area (TPSA) is 78.4 Å². The van der Waals surface area contributed by atoms with E-state index in [0.29, 0.717) is 23.4 Å². The molecule has 0 spiro atoms. The lowest BCUT2D eigenvalue weighted by Gasteiger charge is -2.21. The Bertz CT molecular complexity index is 1260. The third-order valence-electron chi connectivity index (χ3n) is 6.47. The van der Waals surface area contributed by atoms with E-state index in [2.05, 4.69) is 16.9 Å². The number of rotatable bonds is 13. The van der Waals surface area contributed by atoms with E-state index in [1.807, 2.05) is 12.4 Å². The lowest BCUT2D eigenvalue weighted by molar-refractivity contribution is -0.206. The van der Waals surface area contributed by atoms with Crippen LogP contribution >= 0.6 is 0 Å². The van der Waals surface area contributed by atoms with E-state index >= 15 is 0 Å². The Balaban J connectivity index is 1.60. The molecule has 0 saturated carbocycles. The van der Waals surface area contributed by atoms with Gasteiger partial charge < -0.3 is 9.47 Å². The van der Waals surface area contributed by atoms with Gasteiger partial charge in [0.05, 0.1) is 11.1 Å². The number of unbranched alkanes of at least 4 members (excludes halogenated alkanes) is 4. The molecule has 3 aromatic rings. The summed E-state index contributed by atoms with van der Waals surface area (Å²) in [5.74, 6) is -0.991. The van der Waals surface area contributed by atoms with E-state index in [1.54, 1.807) is 31.2 Å². The SMILES string of the molecule is CCCCCCc1cnc(-c2ccc(C(=O)Oc3ccc(C(=O)O[C@@H](CCCC)C(F)(F)F)c(C)c3)cc2)nc1. The van der Waals surface area contributed by atoms with Crippen molar-refractivity contribution in [3.8, 4) is 17.1 Å². The number of halogens is 3. The smallest absolute Gasteiger partial charge is 0.425 e. The molecule has 214 valence electrons. The van der Waals surface area contributed by atoms with Gasteiger partial charge in [0.2, 0.25) is 0 Å². The molecule has 6 nitrogen and oxygen atoms in total. The van der Waals surface area contributed by atoms with E-state index in [1.165, 1.54) is 44.4 Å². The molecule has 0 fully saturated rings. The van der Waals surface area contributed by atoms with Crippen LogP contribution in [0.25, 0.3) is 11.4 Å². The molecule has 0 aliphatic carbocycles. The molecule has 2 aromatic carbocycles. The number of aryl methyl sites for hydroxylation is 2. The van der Waals surface area contributed by atoms with E-state index < -0.39 is 24.2 Å². The molecule has 0 aliphatic rings. The van der Waals surface area contributed by atoms with Crippen molar-refractivity contribution in [1.29, 1.82) is 0 Å². The molecule has 0 aliphatic heterocycles.